The molecular formula is C24H19Cl2N3O. The monoisotopic (exact) mass is 435 g/mol. The topological polar surface area (TPSA) is 39.9 Å². The zero-order valence-corrected chi connectivity index (χ0v) is 17.5. The van der Waals surface area contributed by atoms with Gasteiger partial charge in [-0.2, -0.15) is 5.10 Å². The van der Waals surface area contributed by atoms with E-state index in [0.29, 0.717) is 16.7 Å². The van der Waals surface area contributed by atoms with Crippen LogP contribution in [0.5, 0.6) is 0 Å². The molecule has 1 atom stereocenters. The second-order valence-corrected chi connectivity index (χ2v) is 7.50. The minimum absolute atomic E-state index is 0.316. The zero-order chi connectivity index (χ0) is 20.8. The summed E-state index contributed by atoms with van der Waals surface area (Å²) in [6.07, 6.45) is 4.84. The quantitative estimate of drug-likeness (QED) is 0.330. The lowest BCUT2D eigenvalue weighted by Gasteiger charge is -2.22. The van der Waals surface area contributed by atoms with E-state index in [2.05, 4.69) is 16.2 Å². The first-order chi connectivity index (χ1) is 14.7. The van der Waals surface area contributed by atoms with Crippen LogP contribution in [0.1, 0.15) is 22.8 Å². The van der Waals surface area contributed by atoms with Crippen LogP contribution >= 0.6 is 23.2 Å². The van der Waals surface area contributed by atoms with Gasteiger partial charge in [-0.3, -0.25) is 0 Å². The number of rotatable bonds is 7. The lowest BCUT2D eigenvalue weighted by Crippen LogP contribution is -2.13. The van der Waals surface area contributed by atoms with Crippen molar-refractivity contribution in [2.24, 2.45) is 0 Å². The van der Waals surface area contributed by atoms with Crippen molar-refractivity contribution in [1.82, 2.24) is 14.8 Å². The van der Waals surface area contributed by atoms with Crippen LogP contribution in [0.25, 0.3) is 11.8 Å². The van der Waals surface area contributed by atoms with Crippen molar-refractivity contribution in [2.75, 3.05) is 0 Å². The van der Waals surface area contributed by atoms with E-state index in [1.54, 1.807) is 17.1 Å². The summed E-state index contributed by atoms with van der Waals surface area (Å²) in [5, 5.41) is 5.52. The molecule has 0 aliphatic rings. The Morgan fingerprint density at radius 2 is 1.70 bits per heavy atom. The van der Waals surface area contributed by atoms with Gasteiger partial charge in [0.25, 0.3) is 0 Å². The number of ether oxygens (including phenoxy) is 1. The van der Waals surface area contributed by atoms with Gasteiger partial charge in [-0.05, 0) is 34.9 Å². The molecule has 0 spiro atoms. The average molecular weight is 436 g/mol. The normalized spacial score (nSPS) is 12.7. The van der Waals surface area contributed by atoms with Gasteiger partial charge in [0, 0.05) is 10.0 Å². The van der Waals surface area contributed by atoms with E-state index in [-0.39, 0.29) is 6.10 Å². The van der Waals surface area contributed by atoms with Gasteiger partial charge in [0.2, 0.25) is 0 Å². The van der Waals surface area contributed by atoms with Crippen LogP contribution in [0.15, 0.2) is 91.5 Å². The third-order valence-corrected chi connectivity index (χ3v) is 5.18. The summed E-state index contributed by atoms with van der Waals surface area (Å²) >= 11 is 12.4. The Bertz CT molecular complexity index is 1110. The van der Waals surface area contributed by atoms with Gasteiger partial charge in [-0.1, -0.05) is 89.9 Å². The summed E-state index contributed by atoms with van der Waals surface area (Å²) in [6.45, 7) is 0.316. The Hall–Kier alpha value is -2.92. The summed E-state index contributed by atoms with van der Waals surface area (Å²) in [5.41, 5.74) is 3.74. The Kier molecular flexibility index (Phi) is 6.60. The van der Waals surface area contributed by atoms with Gasteiger partial charge in [-0.15, -0.1) is 0 Å². The van der Waals surface area contributed by atoms with Crippen molar-refractivity contribution in [3.63, 3.8) is 0 Å². The molecule has 30 heavy (non-hydrogen) atoms. The fourth-order valence-corrected chi connectivity index (χ4v) is 3.58. The molecule has 4 aromatic rings. The lowest BCUT2D eigenvalue weighted by molar-refractivity contribution is 0.0747. The molecule has 0 aliphatic carbocycles. The van der Waals surface area contributed by atoms with Gasteiger partial charge in [0.15, 0.2) is 0 Å². The maximum atomic E-state index is 6.41. The number of hydrogen-bond acceptors (Lipinski definition) is 3. The number of benzene rings is 3. The molecule has 0 amide bonds. The van der Waals surface area contributed by atoms with Crippen LogP contribution in [0, 0.1) is 0 Å². The summed E-state index contributed by atoms with van der Waals surface area (Å²) < 4.78 is 8.14. The van der Waals surface area contributed by atoms with E-state index in [4.69, 9.17) is 27.9 Å². The minimum Gasteiger partial charge on any atom is -0.362 e. The van der Waals surface area contributed by atoms with Crippen molar-refractivity contribution in [3.05, 3.63) is 118 Å². The largest absolute Gasteiger partial charge is 0.362 e. The molecule has 6 heteroatoms. The number of halogens is 2. The van der Waals surface area contributed by atoms with Crippen molar-refractivity contribution in [2.45, 2.75) is 12.7 Å². The Morgan fingerprint density at radius 1 is 0.967 bits per heavy atom. The van der Waals surface area contributed by atoms with Gasteiger partial charge in [0.1, 0.15) is 18.8 Å². The first-order valence-electron chi connectivity index (χ1n) is 9.43. The SMILES string of the molecule is Clc1ccc(COC(/C(=C\c2ccccc2)n2cncn2)c2ccccc2)c(Cl)c1. The second kappa shape index (κ2) is 9.72. The predicted octanol–water partition coefficient (Wildman–Crippen LogP) is 6.54. The first kappa shape index (κ1) is 20.4. The summed E-state index contributed by atoms with van der Waals surface area (Å²) in [7, 11) is 0. The van der Waals surface area contributed by atoms with Crippen molar-refractivity contribution < 1.29 is 4.74 Å². The third kappa shape index (κ3) is 4.97. The van der Waals surface area contributed by atoms with Gasteiger partial charge >= 0.3 is 0 Å². The van der Waals surface area contributed by atoms with E-state index >= 15 is 0 Å². The Morgan fingerprint density at radius 3 is 2.37 bits per heavy atom. The number of hydrogen-bond donors (Lipinski definition) is 0. The molecule has 1 aromatic heterocycles. The summed E-state index contributed by atoms with van der Waals surface area (Å²) in [6, 6.07) is 25.5. The lowest BCUT2D eigenvalue weighted by atomic mass is 10.0. The highest BCUT2D eigenvalue weighted by Crippen LogP contribution is 2.32. The summed E-state index contributed by atoms with van der Waals surface area (Å²) in [5.74, 6) is 0. The standard InChI is InChI=1S/C24H19Cl2N3O/c25-21-12-11-20(22(26)14-21)15-30-24(19-9-5-2-6-10-19)23(29-17-27-16-28-29)13-18-7-3-1-4-8-18/h1-14,16-17,24H,15H2/b23-13+. The van der Waals surface area contributed by atoms with E-state index in [9.17, 15) is 0 Å². The highest BCUT2D eigenvalue weighted by Gasteiger charge is 2.21. The molecule has 0 saturated carbocycles. The zero-order valence-electron chi connectivity index (χ0n) is 16.0. The predicted molar refractivity (Wildman–Crippen MR) is 121 cm³/mol. The molecule has 4 rings (SSSR count). The second-order valence-electron chi connectivity index (χ2n) is 6.66. The molecular weight excluding hydrogens is 417 g/mol. The van der Waals surface area contributed by atoms with Gasteiger partial charge in [-0.25, -0.2) is 9.67 Å². The Labute approximate surface area is 185 Å². The number of nitrogens with zero attached hydrogens (tertiary/aromatic N) is 3. The molecule has 150 valence electrons. The van der Waals surface area contributed by atoms with Crippen LogP contribution in [-0.4, -0.2) is 14.8 Å². The molecule has 0 bridgehead atoms. The average Bonchev–Trinajstić information content (AvgIpc) is 3.30. The van der Waals surface area contributed by atoms with Gasteiger partial charge in [0.05, 0.1) is 12.3 Å². The van der Waals surface area contributed by atoms with Crippen molar-refractivity contribution in [1.29, 1.82) is 0 Å². The van der Waals surface area contributed by atoms with E-state index in [1.807, 2.05) is 72.8 Å². The van der Waals surface area contributed by atoms with Crippen LogP contribution in [0.2, 0.25) is 10.0 Å². The van der Waals surface area contributed by atoms with Crippen LogP contribution in [-0.2, 0) is 11.3 Å². The minimum atomic E-state index is -0.389. The van der Waals surface area contributed by atoms with Crippen LogP contribution in [0.3, 0.4) is 0 Å². The molecule has 0 fully saturated rings. The van der Waals surface area contributed by atoms with Gasteiger partial charge < -0.3 is 4.74 Å². The maximum Gasteiger partial charge on any atom is 0.138 e. The molecule has 1 heterocycles. The smallest absolute Gasteiger partial charge is 0.138 e. The first-order valence-corrected chi connectivity index (χ1v) is 10.2. The third-order valence-electron chi connectivity index (χ3n) is 4.59. The van der Waals surface area contributed by atoms with Crippen molar-refractivity contribution in [3.8, 4) is 0 Å². The Balaban J connectivity index is 1.74. The van der Waals surface area contributed by atoms with E-state index in [0.717, 1.165) is 22.4 Å². The summed E-state index contributed by atoms with van der Waals surface area (Å²) in [4.78, 5) is 4.12. The van der Waals surface area contributed by atoms with Crippen LogP contribution in [0.4, 0.5) is 0 Å². The van der Waals surface area contributed by atoms with E-state index in [1.165, 1.54) is 6.33 Å². The molecule has 0 aliphatic heterocycles. The fraction of sp³-hybridized carbons (Fsp3) is 0.0833. The van der Waals surface area contributed by atoms with E-state index < -0.39 is 0 Å². The van der Waals surface area contributed by atoms with Crippen molar-refractivity contribution >= 4 is 35.0 Å². The maximum absolute atomic E-state index is 6.41. The van der Waals surface area contributed by atoms with Crippen LogP contribution < -0.4 is 0 Å². The highest BCUT2D eigenvalue weighted by molar-refractivity contribution is 6.35. The number of aromatic nitrogens is 3. The molecule has 0 saturated heterocycles. The molecule has 0 radical (unpaired) electrons. The molecule has 1 unspecified atom stereocenters. The fourth-order valence-electron chi connectivity index (χ4n) is 3.12. The molecule has 3 aromatic carbocycles. The molecule has 0 N–H and O–H groups in total. The highest BCUT2D eigenvalue weighted by atomic mass is 35.5. The molecule has 4 nitrogen and oxygen atoms in total.